The van der Waals surface area contributed by atoms with Gasteiger partial charge >= 0.3 is 5.97 Å². The van der Waals surface area contributed by atoms with Crippen LogP contribution >= 0.6 is 12.6 Å². The summed E-state index contributed by atoms with van der Waals surface area (Å²) in [6.45, 7) is 4.60. The number of phenols is 1. The highest BCUT2D eigenvalue weighted by Crippen LogP contribution is 2.13. The fourth-order valence-electron chi connectivity index (χ4n) is 6.45. The molecule has 27 heteroatoms. The van der Waals surface area contributed by atoms with Crippen LogP contribution < -0.4 is 65.5 Å². The van der Waals surface area contributed by atoms with Gasteiger partial charge in [0.2, 0.25) is 47.3 Å². The predicted molar refractivity (Wildman–Crippen MR) is 259 cm³/mol. The summed E-state index contributed by atoms with van der Waals surface area (Å²) in [5.74, 6) is -10.0. The number of aromatic hydroxyl groups is 1. The van der Waals surface area contributed by atoms with Crippen molar-refractivity contribution in [1.29, 1.82) is 0 Å². The Morgan fingerprint density at radius 2 is 1.14 bits per heavy atom. The van der Waals surface area contributed by atoms with Gasteiger partial charge in [0.15, 0.2) is 5.96 Å². The molecule has 26 nitrogen and oxygen atoms in total. The molecule has 1 rings (SSSR count). The van der Waals surface area contributed by atoms with Crippen LogP contribution in [0.2, 0.25) is 0 Å². The minimum Gasteiger partial charge on any atom is -0.508 e. The lowest BCUT2D eigenvalue weighted by Gasteiger charge is -2.28. The van der Waals surface area contributed by atoms with Gasteiger partial charge in [0.1, 0.15) is 48.0 Å². The number of carbonyl (C=O) groups is 9. The van der Waals surface area contributed by atoms with Gasteiger partial charge in [-0.3, -0.25) is 43.3 Å². The third kappa shape index (κ3) is 23.3. The van der Waals surface area contributed by atoms with Crippen molar-refractivity contribution in [3.05, 3.63) is 29.8 Å². The number of phenolic OH excluding ortho intramolecular Hbond substituents is 1. The average molecular weight is 1010 g/mol. The number of unbranched alkanes of at least 4 members (excludes halogenated alkanes) is 1. The van der Waals surface area contributed by atoms with Gasteiger partial charge in [-0.05, 0) is 68.2 Å². The summed E-state index contributed by atoms with van der Waals surface area (Å²) in [5, 5.41) is 59.1. The van der Waals surface area contributed by atoms with Gasteiger partial charge in [-0.25, -0.2) is 4.79 Å². The van der Waals surface area contributed by atoms with Crippen molar-refractivity contribution in [2.75, 3.05) is 38.6 Å². The number of aliphatic carboxylic acids is 1. The third-order valence-corrected chi connectivity index (χ3v) is 10.7. The maximum atomic E-state index is 13.9. The Balaban J connectivity index is 3.28. The highest BCUT2D eigenvalue weighted by Gasteiger charge is 2.35. The SMILES string of the molecule is CC(C)C[C@H](NC(=O)[C@H](CO)NC(=O)[C@@H](NC(=O)CNC(=O)[C@@H](N)CCCCN)C(C)C)C(=O)N[C@@H](CO)C(=O)N[C@@H](Cc1ccc(O)cc1)C(=O)N[C@@H](CCCN=C(N)N)C(=O)N[C@@H](CS)C(=O)O. The Kier molecular flexibility index (Phi) is 28.7. The van der Waals surface area contributed by atoms with E-state index < -0.39 is 127 Å². The molecule has 0 spiro atoms. The minimum absolute atomic E-state index is 0.0327. The number of nitrogens with zero attached hydrogens (tertiary/aromatic N) is 1. The molecular weight excluding hydrogens is 939 g/mol. The zero-order chi connectivity index (χ0) is 53.1. The van der Waals surface area contributed by atoms with E-state index in [1.54, 1.807) is 27.7 Å². The van der Waals surface area contributed by atoms with Crippen molar-refractivity contribution in [2.45, 2.75) is 121 Å². The highest BCUT2D eigenvalue weighted by molar-refractivity contribution is 7.80. The molecule has 20 N–H and O–H groups in total. The first-order valence-corrected chi connectivity index (χ1v) is 23.3. The molecule has 0 saturated carbocycles. The molecule has 0 aliphatic carbocycles. The summed E-state index contributed by atoms with van der Waals surface area (Å²) in [6, 6.07) is -5.76. The number of amides is 8. The molecule has 394 valence electrons. The van der Waals surface area contributed by atoms with Crippen LogP contribution in [0.15, 0.2) is 29.3 Å². The summed E-state index contributed by atoms with van der Waals surface area (Å²) in [6.07, 6.45) is 1.34. The van der Waals surface area contributed by atoms with Gasteiger partial charge in [-0.15, -0.1) is 0 Å². The van der Waals surface area contributed by atoms with Crippen molar-refractivity contribution >= 4 is 71.8 Å². The number of nitrogens with one attached hydrogen (secondary N) is 8. The van der Waals surface area contributed by atoms with E-state index in [1.807, 2.05) is 0 Å². The maximum absolute atomic E-state index is 13.9. The van der Waals surface area contributed by atoms with Crippen molar-refractivity contribution in [2.24, 2.45) is 39.8 Å². The van der Waals surface area contributed by atoms with Gasteiger partial charge in [0.25, 0.3) is 0 Å². The number of hydrogen-bond donors (Lipinski definition) is 17. The topological polar surface area (TPSA) is 447 Å². The molecule has 0 fully saturated rings. The lowest BCUT2D eigenvalue weighted by molar-refractivity contribution is -0.141. The first-order chi connectivity index (χ1) is 33.0. The molecule has 8 atom stereocenters. The van der Waals surface area contributed by atoms with Crippen LogP contribution in [0.1, 0.15) is 71.8 Å². The molecule has 70 heavy (non-hydrogen) atoms. The first-order valence-electron chi connectivity index (χ1n) is 22.7. The van der Waals surface area contributed by atoms with Crippen molar-refractivity contribution in [3.63, 3.8) is 0 Å². The standard InChI is InChI=1S/C43H73N13O13S/c1-22(2)16-28(51-40(66)31(20-58)54-41(67)34(23(3)4)56-33(60)18-49-35(61)26(45)8-5-6-14-44)37(63)53-30(19-57)39(65)52-29(17-24-10-12-25(59)13-11-24)38(64)50-27(9-7-15-48-43(46)47)36(62)55-32(21-70)42(68)69/h10-13,22-23,26-32,34,57-59,70H,5-9,14-21,44-45H2,1-4H3,(H,49,61)(H,50,64)(H,51,66)(H,52,65)(H,53,63)(H,54,67)(H,55,62)(H,56,60)(H,68,69)(H4,46,47,48)/t26-,27-,28-,29-,30-,31-,32-,34-/m0/s1. The number of carboxylic acid groups (broad SMARTS) is 1. The molecule has 0 unspecified atom stereocenters. The number of aliphatic hydroxyl groups excluding tert-OH is 2. The number of aliphatic hydroxyl groups is 2. The minimum atomic E-state index is -1.75. The van der Waals surface area contributed by atoms with Crippen molar-refractivity contribution < 1.29 is 63.6 Å². The molecule has 0 aliphatic heterocycles. The normalized spacial score (nSPS) is 14.5. The largest absolute Gasteiger partial charge is 0.508 e. The molecule has 1 aromatic carbocycles. The maximum Gasteiger partial charge on any atom is 0.327 e. The number of benzene rings is 1. The number of guanidine groups is 1. The van der Waals surface area contributed by atoms with Crippen LogP contribution in [0.3, 0.4) is 0 Å². The Hall–Kier alpha value is -6.29. The Labute approximate surface area is 411 Å². The summed E-state index contributed by atoms with van der Waals surface area (Å²) < 4.78 is 0. The van der Waals surface area contributed by atoms with Gasteiger partial charge in [0, 0.05) is 18.7 Å². The number of thiol groups is 1. The molecule has 0 bridgehead atoms. The second-order valence-corrected chi connectivity index (χ2v) is 17.5. The van der Waals surface area contributed by atoms with E-state index in [0.717, 1.165) is 0 Å². The number of carbonyl (C=O) groups excluding carboxylic acids is 8. The first kappa shape index (κ1) is 61.7. The number of nitrogens with two attached hydrogens (primary N) is 4. The zero-order valence-corrected chi connectivity index (χ0v) is 40.8. The monoisotopic (exact) mass is 1010 g/mol. The Morgan fingerprint density at radius 3 is 1.66 bits per heavy atom. The molecule has 8 amide bonds. The second kappa shape index (κ2) is 32.5. The van der Waals surface area contributed by atoms with E-state index in [0.29, 0.717) is 31.4 Å². The van der Waals surface area contributed by atoms with E-state index >= 15 is 0 Å². The number of aliphatic imine (C=N–C) groups is 1. The number of carboxylic acids is 1. The van der Waals surface area contributed by atoms with Gasteiger partial charge in [0.05, 0.1) is 25.8 Å². The molecule has 0 aliphatic rings. The molecule has 1 aromatic rings. The average Bonchev–Trinajstić information content (AvgIpc) is 3.30. The van der Waals surface area contributed by atoms with E-state index in [-0.39, 0.29) is 55.6 Å². The Morgan fingerprint density at radius 1 is 0.643 bits per heavy atom. The van der Waals surface area contributed by atoms with E-state index in [9.17, 15) is 63.6 Å². The van der Waals surface area contributed by atoms with Crippen LogP contribution in [0.5, 0.6) is 5.75 Å². The van der Waals surface area contributed by atoms with Crippen LogP contribution in [0.4, 0.5) is 0 Å². The lowest BCUT2D eigenvalue weighted by atomic mass is 10.0. The van der Waals surface area contributed by atoms with Crippen molar-refractivity contribution in [1.82, 2.24) is 42.5 Å². The van der Waals surface area contributed by atoms with Gasteiger partial charge < -0.3 is 85.9 Å². The molecular formula is C43H73N13O13S. The van der Waals surface area contributed by atoms with E-state index in [4.69, 9.17) is 22.9 Å². The second-order valence-electron chi connectivity index (χ2n) is 17.1. The summed E-state index contributed by atoms with van der Waals surface area (Å²) in [7, 11) is 0. The van der Waals surface area contributed by atoms with Gasteiger partial charge in [-0.2, -0.15) is 12.6 Å². The van der Waals surface area contributed by atoms with Crippen LogP contribution in [0, 0.1) is 11.8 Å². The van der Waals surface area contributed by atoms with E-state index in [2.05, 4.69) is 60.2 Å². The molecule has 0 saturated heterocycles. The molecule has 0 radical (unpaired) electrons. The predicted octanol–water partition coefficient (Wildman–Crippen LogP) is -5.34. The molecule has 0 heterocycles. The van der Waals surface area contributed by atoms with Crippen LogP contribution in [-0.4, -0.2) is 167 Å². The quantitative estimate of drug-likeness (QED) is 0.0135. The van der Waals surface area contributed by atoms with Crippen LogP contribution in [0.25, 0.3) is 0 Å². The number of rotatable bonds is 33. The van der Waals surface area contributed by atoms with Crippen molar-refractivity contribution in [3.8, 4) is 5.75 Å². The zero-order valence-electron chi connectivity index (χ0n) is 39.9. The highest BCUT2D eigenvalue weighted by atomic mass is 32.1. The fourth-order valence-corrected chi connectivity index (χ4v) is 6.69. The van der Waals surface area contributed by atoms with E-state index in [1.165, 1.54) is 24.3 Å². The Bertz CT molecular complexity index is 1920. The lowest BCUT2D eigenvalue weighted by Crippen LogP contribution is -2.61. The summed E-state index contributed by atoms with van der Waals surface area (Å²) >= 11 is 3.96. The van der Waals surface area contributed by atoms with Gasteiger partial charge in [-0.1, -0.05) is 46.2 Å². The third-order valence-electron chi connectivity index (χ3n) is 10.4. The number of hydrogen-bond acceptors (Lipinski definition) is 16. The summed E-state index contributed by atoms with van der Waals surface area (Å²) in [5.41, 5.74) is 22.5. The molecule has 0 aromatic heterocycles. The smallest absolute Gasteiger partial charge is 0.327 e. The van der Waals surface area contributed by atoms with Crippen LogP contribution in [-0.2, 0) is 49.6 Å². The fraction of sp³-hybridized carbons (Fsp3) is 0.628. The summed E-state index contributed by atoms with van der Waals surface area (Å²) in [4.78, 5) is 122.